The van der Waals surface area contributed by atoms with Crippen molar-refractivity contribution in [3.05, 3.63) is 24.3 Å². The molecular weight excluding hydrogens is 538 g/mol. The van der Waals surface area contributed by atoms with Crippen LogP contribution in [0.15, 0.2) is 24.3 Å². The molecule has 3 nitrogen and oxygen atoms in total. The Hall–Kier alpha value is -0.640. The third kappa shape index (κ3) is 31.3. The van der Waals surface area contributed by atoms with Gasteiger partial charge in [-0.3, -0.25) is 0 Å². The van der Waals surface area contributed by atoms with E-state index in [-0.39, 0.29) is 5.92 Å². The minimum Gasteiger partial charge on any atom is -0.365 e. The molecule has 0 radical (unpaired) electrons. The van der Waals surface area contributed by atoms with Crippen molar-refractivity contribution in [2.45, 2.75) is 212 Å². The number of nitrogens with zero attached hydrogens (tertiary/aromatic N) is 1. The van der Waals surface area contributed by atoms with Crippen molar-refractivity contribution in [3.8, 4) is 0 Å². The van der Waals surface area contributed by atoms with Gasteiger partial charge in [-0.15, -0.1) is 0 Å². The second kappa shape index (κ2) is 33.7. The van der Waals surface area contributed by atoms with Gasteiger partial charge in [-0.1, -0.05) is 160 Å². The first-order valence-corrected chi connectivity index (χ1v) is 19.8. The van der Waals surface area contributed by atoms with Crippen molar-refractivity contribution in [2.75, 3.05) is 20.6 Å². The molecule has 262 valence electrons. The summed E-state index contributed by atoms with van der Waals surface area (Å²) in [6.07, 6.45) is 47.2. The smallest absolute Gasteiger partial charge is 0.166 e. The zero-order chi connectivity index (χ0) is 32.4. The predicted molar refractivity (Wildman–Crippen MR) is 197 cm³/mol. The third-order valence-electron chi connectivity index (χ3n) is 9.36. The van der Waals surface area contributed by atoms with Gasteiger partial charge in [0.2, 0.25) is 0 Å². The van der Waals surface area contributed by atoms with E-state index in [9.17, 15) is 10.2 Å². The van der Waals surface area contributed by atoms with Crippen LogP contribution in [0.2, 0.25) is 0 Å². The standard InChI is InChI=1S/C41H81NO2/c1-5-7-9-11-13-15-17-19-21-23-25-27-29-31-33-35-37-40(39-42(3)4)41(43,44)38-36-34-32-30-28-26-24-22-20-18-16-14-12-10-8-6-2/h19-22,40,43-44H,5-18,23-39H2,1-4H3. The average Bonchev–Trinajstić information content (AvgIpc) is 2.99. The first-order chi connectivity index (χ1) is 21.4. The molecule has 0 amide bonds. The highest BCUT2D eigenvalue weighted by Crippen LogP contribution is 2.28. The normalized spacial score (nSPS) is 13.2. The Labute approximate surface area is 277 Å². The Morgan fingerprint density at radius 1 is 0.455 bits per heavy atom. The van der Waals surface area contributed by atoms with Crippen LogP contribution in [0.25, 0.3) is 0 Å². The fourth-order valence-electron chi connectivity index (χ4n) is 6.38. The summed E-state index contributed by atoms with van der Waals surface area (Å²) in [5, 5.41) is 22.0. The van der Waals surface area contributed by atoms with Crippen LogP contribution in [0, 0.1) is 5.92 Å². The zero-order valence-electron chi connectivity index (χ0n) is 30.6. The predicted octanol–water partition coefficient (Wildman–Crippen LogP) is 12.7. The number of aliphatic hydroxyl groups is 2. The van der Waals surface area contributed by atoms with Crippen LogP contribution in [0.4, 0.5) is 0 Å². The SMILES string of the molecule is CCCCCCCCC=CCCCCCCCCC(CN(C)C)C(O)(O)CCCCCCCCC=CCCCCCCCC. The number of allylic oxidation sites excluding steroid dienone is 4. The molecule has 0 saturated carbocycles. The van der Waals surface area contributed by atoms with Crippen molar-refractivity contribution in [3.63, 3.8) is 0 Å². The highest BCUT2D eigenvalue weighted by Gasteiger charge is 2.33. The van der Waals surface area contributed by atoms with Gasteiger partial charge in [0.25, 0.3) is 0 Å². The molecule has 0 rings (SSSR count). The van der Waals surface area contributed by atoms with E-state index in [4.69, 9.17) is 0 Å². The van der Waals surface area contributed by atoms with E-state index in [0.717, 1.165) is 32.2 Å². The molecule has 44 heavy (non-hydrogen) atoms. The summed E-state index contributed by atoms with van der Waals surface area (Å²) in [6.45, 7) is 5.31. The molecule has 0 aliphatic heterocycles. The van der Waals surface area contributed by atoms with E-state index in [1.807, 2.05) is 0 Å². The molecule has 0 aromatic carbocycles. The molecule has 0 bridgehead atoms. The van der Waals surface area contributed by atoms with Gasteiger partial charge in [0.05, 0.1) is 0 Å². The summed E-state index contributed by atoms with van der Waals surface area (Å²) in [6, 6.07) is 0. The maximum absolute atomic E-state index is 11.0. The van der Waals surface area contributed by atoms with Crippen molar-refractivity contribution in [2.24, 2.45) is 5.92 Å². The van der Waals surface area contributed by atoms with E-state index in [0.29, 0.717) is 6.42 Å². The molecular formula is C41H81NO2. The van der Waals surface area contributed by atoms with Gasteiger partial charge < -0.3 is 15.1 Å². The molecule has 3 heteroatoms. The van der Waals surface area contributed by atoms with Gasteiger partial charge in [-0.2, -0.15) is 0 Å². The lowest BCUT2D eigenvalue weighted by Gasteiger charge is -2.33. The van der Waals surface area contributed by atoms with Crippen LogP contribution in [0.1, 0.15) is 206 Å². The monoisotopic (exact) mass is 620 g/mol. The van der Waals surface area contributed by atoms with Crippen LogP contribution >= 0.6 is 0 Å². The Morgan fingerprint density at radius 2 is 0.773 bits per heavy atom. The molecule has 1 atom stereocenters. The van der Waals surface area contributed by atoms with E-state index in [1.54, 1.807) is 0 Å². The van der Waals surface area contributed by atoms with Gasteiger partial charge in [0.1, 0.15) is 0 Å². The summed E-state index contributed by atoms with van der Waals surface area (Å²) >= 11 is 0. The molecule has 0 aromatic rings. The van der Waals surface area contributed by atoms with Crippen molar-refractivity contribution >= 4 is 0 Å². The second-order valence-corrected chi connectivity index (χ2v) is 14.3. The summed E-state index contributed by atoms with van der Waals surface area (Å²) in [5.74, 6) is -1.59. The minimum atomic E-state index is -1.53. The van der Waals surface area contributed by atoms with E-state index >= 15 is 0 Å². The van der Waals surface area contributed by atoms with E-state index < -0.39 is 5.79 Å². The average molecular weight is 620 g/mol. The maximum atomic E-state index is 11.0. The van der Waals surface area contributed by atoms with Gasteiger partial charge >= 0.3 is 0 Å². The highest BCUT2D eigenvalue weighted by atomic mass is 16.5. The fourth-order valence-corrected chi connectivity index (χ4v) is 6.38. The lowest BCUT2D eigenvalue weighted by molar-refractivity contribution is -0.209. The highest BCUT2D eigenvalue weighted by molar-refractivity contribution is 4.82. The quantitative estimate of drug-likeness (QED) is 0.0421. The topological polar surface area (TPSA) is 43.7 Å². The Kier molecular flexibility index (Phi) is 33.2. The molecule has 0 saturated heterocycles. The van der Waals surface area contributed by atoms with Crippen molar-refractivity contribution in [1.29, 1.82) is 0 Å². The van der Waals surface area contributed by atoms with Gasteiger partial charge in [-0.25, -0.2) is 0 Å². The van der Waals surface area contributed by atoms with Crippen LogP contribution in [0.3, 0.4) is 0 Å². The summed E-state index contributed by atoms with van der Waals surface area (Å²) in [7, 11) is 4.10. The maximum Gasteiger partial charge on any atom is 0.166 e. The van der Waals surface area contributed by atoms with Crippen LogP contribution in [-0.4, -0.2) is 41.5 Å². The van der Waals surface area contributed by atoms with E-state index in [1.165, 1.54) is 161 Å². The summed E-state index contributed by atoms with van der Waals surface area (Å²) < 4.78 is 0. The first kappa shape index (κ1) is 43.4. The molecule has 0 aliphatic carbocycles. The Bertz CT molecular complexity index is 612. The van der Waals surface area contributed by atoms with Crippen LogP contribution in [0.5, 0.6) is 0 Å². The summed E-state index contributed by atoms with van der Waals surface area (Å²) in [4.78, 5) is 2.12. The lowest BCUT2D eigenvalue weighted by atomic mass is 9.88. The van der Waals surface area contributed by atoms with E-state index in [2.05, 4.69) is 57.1 Å². The lowest BCUT2D eigenvalue weighted by Crippen LogP contribution is -2.43. The summed E-state index contributed by atoms with van der Waals surface area (Å²) in [5.41, 5.74) is 0. The fraction of sp³-hybridized carbons (Fsp3) is 0.902. The molecule has 0 spiro atoms. The van der Waals surface area contributed by atoms with Gasteiger partial charge in [-0.05, 0) is 78.3 Å². The molecule has 1 unspecified atom stereocenters. The number of hydrogen-bond acceptors (Lipinski definition) is 3. The molecule has 2 N–H and O–H groups in total. The molecule has 0 fully saturated rings. The number of unbranched alkanes of at least 4 members (excludes halogenated alkanes) is 24. The Morgan fingerprint density at radius 3 is 1.14 bits per heavy atom. The first-order valence-electron chi connectivity index (χ1n) is 19.8. The molecule has 0 aromatic heterocycles. The molecule has 0 aliphatic rings. The van der Waals surface area contributed by atoms with Gasteiger partial charge in [0, 0.05) is 18.9 Å². The Balaban J connectivity index is 3.82. The minimum absolute atomic E-state index is 0.0580. The largest absolute Gasteiger partial charge is 0.365 e. The zero-order valence-corrected chi connectivity index (χ0v) is 30.6. The number of hydrogen-bond donors (Lipinski definition) is 2. The number of rotatable bonds is 35. The van der Waals surface area contributed by atoms with Crippen LogP contribution in [-0.2, 0) is 0 Å². The van der Waals surface area contributed by atoms with Crippen molar-refractivity contribution < 1.29 is 10.2 Å². The second-order valence-electron chi connectivity index (χ2n) is 14.3. The van der Waals surface area contributed by atoms with Gasteiger partial charge in [0.15, 0.2) is 5.79 Å². The van der Waals surface area contributed by atoms with Crippen LogP contribution < -0.4 is 0 Å². The molecule has 0 heterocycles. The van der Waals surface area contributed by atoms with Crippen molar-refractivity contribution in [1.82, 2.24) is 4.90 Å². The third-order valence-corrected chi connectivity index (χ3v) is 9.36.